The van der Waals surface area contributed by atoms with Gasteiger partial charge in [-0.25, -0.2) is 0 Å². The van der Waals surface area contributed by atoms with Crippen LogP contribution in [-0.2, 0) is 4.74 Å². The molecule has 1 fully saturated rings. The van der Waals surface area contributed by atoms with Gasteiger partial charge in [0.25, 0.3) is 0 Å². The Morgan fingerprint density at radius 1 is 1.19 bits per heavy atom. The standard InChI is InChI=1S/C15H26O/c1-12(2)7-6-10-15(5)14(11-16-15)9-8-13(3)4/h7-8,14H,6,9-11H2,1-5H3/t14-,15-/m0/s1. The van der Waals surface area contributed by atoms with E-state index in [0.717, 1.165) is 19.4 Å². The Hall–Kier alpha value is -0.560. The number of hydrogen-bond acceptors (Lipinski definition) is 1. The predicted molar refractivity (Wildman–Crippen MR) is 70.6 cm³/mol. The first-order valence-corrected chi connectivity index (χ1v) is 6.35. The first-order chi connectivity index (χ1) is 7.44. The highest BCUT2D eigenvalue weighted by Crippen LogP contribution is 2.39. The highest BCUT2D eigenvalue weighted by molar-refractivity contribution is 5.02. The van der Waals surface area contributed by atoms with Gasteiger partial charge in [-0.3, -0.25) is 0 Å². The lowest BCUT2D eigenvalue weighted by Crippen LogP contribution is -2.50. The predicted octanol–water partition coefficient (Wildman–Crippen LogP) is 4.49. The maximum atomic E-state index is 5.79. The lowest BCUT2D eigenvalue weighted by molar-refractivity contribution is -0.194. The molecule has 0 aliphatic carbocycles. The van der Waals surface area contributed by atoms with Crippen LogP contribution >= 0.6 is 0 Å². The average Bonchev–Trinajstić information content (AvgIpc) is 2.15. The van der Waals surface area contributed by atoms with Gasteiger partial charge in [-0.2, -0.15) is 0 Å². The van der Waals surface area contributed by atoms with E-state index < -0.39 is 0 Å². The van der Waals surface area contributed by atoms with E-state index in [4.69, 9.17) is 4.74 Å². The summed E-state index contributed by atoms with van der Waals surface area (Å²) in [6.07, 6.45) is 8.12. The zero-order chi connectivity index (χ0) is 12.2. The van der Waals surface area contributed by atoms with Crippen molar-refractivity contribution in [2.45, 2.75) is 59.5 Å². The summed E-state index contributed by atoms with van der Waals surface area (Å²) in [6, 6.07) is 0. The van der Waals surface area contributed by atoms with Crippen LogP contribution in [-0.4, -0.2) is 12.2 Å². The van der Waals surface area contributed by atoms with Crippen molar-refractivity contribution >= 4 is 0 Å². The number of allylic oxidation sites excluding steroid dienone is 4. The van der Waals surface area contributed by atoms with E-state index in [1.807, 2.05) is 0 Å². The second-order valence-electron chi connectivity index (χ2n) is 5.66. The largest absolute Gasteiger partial charge is 0.374 e. The topological polar surface area (TPSA) is 9.23 Å². The smallest absolute Gasteiger partial charge is 0.0710 e. The van der Waals surface area contributed by atoms with Crippen LogP contribution in [0.25, 0.3) is 0 Å². The van der Waals surface area contributed by atoms with Crippen molar-refractivity contribution in [3.8, 4) is 0 Å². The zero-order valence-corrected chi connectivity index (χ0v) is 11.5. The molecule has 2 atom stereocenters. The first-order valence-electron chi connectivity index (χ1n) is 6.35. The summed E-state index contributed by atoms with van der Waals surface area (Å²) in [7, 11) is 0. The van der Waals surface area contributed by atoms with Crippen molar-refractivity contribution in [3.05, 3.63) is 23.3 Å². The lowest BCUT2D eigenvalue weighted by atomic mass is 9.78. The third-order valence-electron chi connectivity index (χ3n) is 3.48. The van der Waals surface area contributed by atoms with Crippen molar-refractivity contribution in [2.75, 3.05) is 6.61 Å². The monoisotopic (exact) mass is 222 g/mol. The van der Waals surface area contributed by atoms with Crippen molar-refractivity contribution in [1.29, 1.82) is 0 Å². The fourth-order valence-electron chi connectivity index (χ4n) is 2.10. The summed E-state index contributed by atoms with van der Waals surface area (Å²) < 4.78 is 5.79. The van der Waals surface area contributed by atoms with Crippen molar-refractivity contribution in [3.63, 3.8) is 0 Å². The summed E-state index contributed by atoms with van der Waals surface area (Å²) >= 11 is 0. The SMILES string of the molecule is CC(C)=CCC[C@]1(C)OC[C@@H]1CC=C(C)C. The molecule has 0 radical (unpaired) electrons. The van der Waals surface area contributed by atoms with E-state index in [9.17, 15) is 0 Å². The van der Waals surface area contributed by atoms with Gasteiger partial charge in [0, 0.05) is 5.92 Å². The minimum Gasteiger partial charge on any atom is -0.374 e. The molecule has 0 N–H and O–H groups in total. The highest BCUT2D eigenvalue weighted by atomic mass is 16.5. The molecule has 0 bridgehead atoms. The van der Waals surface area contributed by atoms with Gasteiger partial charge in [0.2, 0.25) is 0 Å². The molecule has 1 heteroatoms. The highest BCUT2D eigenvalue weighted by Gasteiger charge is 2.42. The summed E-state index contributed by atoms with van der Waals surface area (Å²) in [5.74, 6) is 0.716. The molecule has 0 aromatic heterocycles. The van der Waals surface area contributed by atoms with E-state index in [0.29, 0.717) is 5.92 Å². The molecule has 92 valence electrons. The normalized spacial score (nSPS) is 28.2. The Bertz CT molecular complexity index is 280. The second-order valence-corrected chi connectivity index (χ2v) is 5.66. The van der Waals surface area contributed by atoms with Crippen LogP contribution in [0.2, 0.25) is 0 Å². The Morgan fingerprint density at radius 2 is 1.81 bits per heavy atom. The van der Waals surface area contributed by atoms with E-state index in [1.165, 1.54) is 17.6 Å². The number of ether oxygens (including phenoxy) is 1. The fraction of sp³-hybridized carbons (Fsp3) is 0.733. The van der Waals surface area contributed by atoms with Crippen molar-refractivity contribution < 1.29 is 4.74 Å². The Labute approximate surface area is 101 Å². The zero-order valence-electron chi connectivity index (χ0n) is 11.5. The van der Waals surface area contributed by atoms with Crippen LogP contribution in [0.5, 0.6) is 0 Å². The van der Waals surface area contributed by atoms with Crippen LogP contribution in [0.4, 0.5) is 0 Å². The Kier molecular flexibility index (Phi) is 4.79. The fourth-order valence-corrected chi connectivity index (χ4v) is 2.10. The van der Waals surface area contributed by atoms with E-state index >= 15 is 0 Å². The minimum atomic E-state index is 0.123. The second kappa shape index (κ2) is 5.67. The minimum absolute atomic E-state index is 0.123. The van der Waals surface area contributed by atoms with E-state index in [-0.39, 0.29) is 5.60 Å². The molecule has 0 aromatic rings. The van der Waals surface area contributed by atoms with Gasteiger partial charge < -0.3 is 4.74 Å². The molecule has 0 unspecified atom stereocenters. The van der Waals surface area contributed by atoms with Gasteiger partial charge in [0.05, 0.1) is 12.2 Å². The van der Waals surface area contributed by atoms with Gasteiger partial charge in [0.1, 0.15) is 0 Å². The summed E-state index contributed by atoms with van der Waals surface area (Å²) in [6.45, 7) is 11.9. The van der Waals surface area contributed by atoms with Gasteiger partial charge >= 0.3 is 0 Å². The average molecular weight is 222 g/mol. The van der Waals surface area contributed by atoms with Gasteiger partial charge in [0.15, 0.2) is 0 Å². The molecular weight excluding hydrogens is 196 g/mol. The lowest BCUT2D eigenvalue weighted by Gasteiger charge is -2.47. The maximum Gasteiger partial charge on any atom is 0.0710 e. The maximum absolute atomic E-state index is 5.79. The van der Waals surface area contributed by atoms with E-state index in [2.05, 4.69) is 46.8 Å². The van der Waals surface area contributed by atoms with Gasteiger partial charge in [-0.15, -0.1) is 0 Å². The number of rotatable bonds is 5. The van der Waals surface area contributed by atoms with Gasteiger partial charge in [-0.05, 0) is 53.9 Å². The summed E-state index contributed by atoms with van der Waals surface area (Å²) in [4.78, 5) is 0. The van der Waals surface area contributed by atoms with Crippen LogP contribution in [0.15, 0.2) is 23.3 Å². The molecule has 0 spiro atoms. The molecule has 0 aromatic carbocycles. The Balaban J connectivity index is 2.39. The summed E-state index contributed by atoms with van der Waals surface area (Å²) in [5.41, 5.74) is 2.94. The molecule has 16 heavy (non-hydrogen) atoms. The molecule has 1 saturated heterocycles. The third-order valence-corrected chi connectivity index (χ3v) is 3.48. The van der Waals surface area contributed by atoms with Crippen molar-refractivity contribution in [2.24, 2.45) is 5.92 Å². The quantitative estimate of drug-likeness (QED) is 0.623. The Morgan fingerprint density at radius 3 is 2.25 bits per heavy atom. The molecule has 1 rings (SSSR count). The van der Waals surface area contributed by atoms with Crippen LogP contribution in [0.1, 0.15) is 53.9 Å². The summed E-state index contributed by atoms with van der Waals surface area (Å²) in [5, 5.41) is 0. The van der Waals surface area contributed by atoms with Crippen LogP contribution in [0.3, 0.4) is 0 Å². The molecule has 1 heterocycles. The molecule has 1 nitrogen and oxygen atoms in total. The molecule has 1 aliphatic rings. The molecule has 0 saturated carbocycles. The van der Waals surface area contributed by atoms with Crippen LogP contribution < -0.4 is 0 Å². The van der Waals surface area contributed by atoms with E-state index in [1.54, 1.807) is 0 Å². The molecule has 1 aliphatic heterocycles. The third kappa shape index (κ3) is 3.79. The van der Waals surface area contributed by atoms with Crippen LogP contribution in [0, 0.1) is 5.92 Å². The first kappa shape index (κ1) is 13.5. The molecular formula is C15H26O. The van der Waals surface area contributed by atoms with Crippen molar-refractivity contribution in [1.82, 2.24) is 0 Å². The number of hydrogen-bond donors (Lipinski definition) is 0. The van der Waals surface area contributed by atoms with Gasteiger partial charge in [-0.1, -0.05) is 23.3 Å². The molecule has 0 amide bonds.